The van der Waals surface area contributed by atoms with E-state index < -0.39 is 23.7 Å². The number of aliphatic hydroxyl groups is 1. The van der Waals surface area contributed by atoms with Crippen molar-refractivity contribution in [1.82, 2.24) is 4.90 Å². The molecule has 1 aromatic rings. The number of aliphatic hydroxyl groups excluding tert-OH is 1. The van der Waals surface area contributed by atoms with E-state index in [9.17, 15) is 19.1 Å². The molecule has 1 heterocycles. The van der Waals surface area contributed by atoms with Crippen LogP contribution in [-0.2, 0) is 9.59 Å². The van der Waals surface area contributed by atoms with E-state index in [-0.39, 0.29) is 17.3 Å². The maximum absolute atomic E-state index is 13.6. The van der Waals surface area contributed by atoms with Gasteiger partial charge in [0.1, 0.15) is 0 Å². The number of hydrogen-bond acceptors (Lipinski definition) is 3. The molecule has 0 aliphatic carbocycles. The monoisotopic (exact) mass is 300 g/mol. The minimum atomic E-state index is -0.944. The summed E-state index contributed by atoms with van der Waals surface area (Å²) in [6, 6.07) is 4.13. The number of rotatable bonds is 1. The van der Waals surface area contributed by atoms with Gasteiger partial charge in [-0.2, -0.15) is 0 Å². The van der Waals surface area contributed by atoms with E-state index in [4.69, 9.17) is 11.6 Å². The molecule has 5 nitrogen and oxygen atoms in total. The third-order valence-corrected chi connectivity index (χ3v) is 3.37. The summed E-state index contributed by atoms with van der Waals surface area (Å²) in [7, 11) is 0. The molecule has 1 unspecified atom stereocenters. The van der Waals surface area contributed by atoms with Gasteiger partial charge in [-0.25, -0.2) is 4.39 Å². The molecular formula is C13H14ClFN2O3. The van der Waals surface area contributed by atoms with E-state index in [1.807, 2.05) is 0 Å². The average Bonchev–Trinajstić information content (AvgIpc) is 2.43. The van der Waals surface area contributed by atoms with Gasteiger partial charge in [-0.05, 0) is 25.0 Å². The molecule has 0 spiro atoms. The van der Waals surface area contributed by atoms with Crippen LogP contribution in [0.3, 0.4) is 0 Å². The Morgan fingerprint density at radius 3 is 2.90 bits per heavy atom. The van der Waals surface area contributed by atoms with E-state index >= 15 is 0 Å². The number of benzene rings is 1. The Balaban J connectivity index is 2.04. The largest absolute Gasteiger partial charge is 0.391 e. The third kappa shape index (κ3) is 3.26. The molecule has 1 aliphatic heterocycles. The summed E-state index contributed by atoms with van der Waals surface area (Å²) in [6.07, 6.45) is 0.614. The molecule has 1 saturated heterocycles. The number of likely N-dealkylation sites (tertiary alicyclic amines) is 1. The standard InChI is InChI=1S/C13H14ClFN2O3/c14-9-4-1-5-10(11(9)15)16-12(19)13(20)17-6-2-3-8(18)7-17/h1,4-5,8,18H,2-3,6-7H2,(H,16,19). The molecule has 0 saturated carbocycles. The predicted octanol–water partition coefficient (Wildman–Crippen LogP) is 1.40. The summed E-state index contributed by atoms with van der Waals surface area (Å²) < 4.78 is 13.6. The highest BCUT2D eigenvalue weighted by Gasteiger charge is 2.27. The second kappa shape index (κ2) is 6.19. The Kier molecular flexibility index (Phi) is 4.57. The van der Waals surface area contributed by atoms with Gasteiger partial charge in [0, 0.05) is 13.1 Å². The Bertz CT molecular complexity index is 538. The number of piperidine rings is 1. The molecule has 0 aromatic heterocycles. The summed E-state index contributed by atoms with van der Waals surface area (Å²) in [6.45, 7) is 0.519. The van der Waals surface area contributed by atoms with Gasteiger partial charge < -0.3 is 15.3 Å². The number of anilines is 1. The summed E-state index contributed by atoms with van der Waals surface area (Å²) in [5.41, 5.74) is -0.145. The second-order valence-electron chi connectivity index (χ2n) is 4.60. The SMILES string of the molecule is O=C(Nc1cccc(Cl)c1F)C(=O)N1CCCC(O)C1. The van der Waals surface area contributed by atoms with Crippen molar-refractivity contribution in [2.45, 2.75) is 18.9 Å². The van der Waals surface area contributed by atoms with Gasteiger partial charge in [0.15, 0.2) is 5.82 Å². The highest BCUT2D eigenvalue weighted by Crippen LogP contribution is 2.22. The Morgan fingerprint density at radius 2 is 2.20 bits per heavy atom. The molecule has 1 atom stereocenters. The molecule has 7 heteroatoms. The zero-order valence-corrected chi connectivity index (χ0v) is 11.4. The quantitative estimate of drug-likeness (QED) is 0.770. The average molecular weight is 301 g/mol. The minimum Gasteiger partial charge on any atom is -0.391 e. The zero-order valence-electron chi connectivity index (χ0n) is 10.6. The summed E-state index contributed by atoms with van der Waals surface area (Å²) in [5, 5.41) is 11.5. The molecular weight excluding hydrogens is 287 g/mol. The van der Waals surface area contributed by atoms with Crippen molar-refractivity contribution < 1.29 is 19.1 Å². The van der Waals surface area contributed by atoms with E-state index in [1.165, 1.54) is 23.1 Å². The van der Waals surface area contributed by atoms with Crippen LogP contribution in [-0.4, -0.2) is 41.0 Å². The third-order valence-electron chi connectivity index (χ3n) is 3.08. The fourth-order valence-corrected chi connectivity index (χ4v) is 2.23. The Labute approximate surface area is 120 Å². The van der Waals surface area contributed by atoms with Crippen LogP contribution in [0.25, 0.3) is 0 Å². The summed E-state index contributed by atoms with van der Waals surface area (Å²) in [4.78, 5) is 24.9. The molecule has 0 radical (unpaired) electrons. The number of halogens is 2. The highest BCUT2D eigenvalue weighted by atomic mass is 35.5. The molecule has 108 valence electrons. The minimum absolute atomic E-state index is 0.115. The van der Waals surface area contributed by atoms with Crippen molar-refractivity contribution >= 4 is 29.1 Å². The number of amides is 2. The first kappa shape index (κ1) is 14.7. The first-order valence-electron chi connectivity index (χ1n) is 6.21. The first-order valence-corrected chi connectivity index (χ1v) is 6.59. The number of nitrogens with one attached hydrogen (secondary N) is 1. The van der Waals surface area contributed by atoms with Gasteiger partial charge in [0.05, 0.1) is 16.8 Å². The van der Waals surface area contributed by atoms with Crippen molar-refractivity contribution in [3.63, 3.8) is 0 Å². The van der Waals surface area contributed by atoms with Crippen molar-refractivity contribution in [2.24, 2.45) is 0 Å². The number of carbonyl (C=O) groups is 2. The van der Waals surface area contributed by atoms with Crippen molar-refractivity contribution in [2.75, 3.05) is 18.4 Å². The Hall–Kier alpha value is -1.66. The molecule has 2 rings (SSSR count). The van der Waals surface area contributed by atoms with Crippen LogP contribution in [0.15, 0.2) is 18.2 Å². The maximum atomic E-state index is 13.6. The van der Waals surface area contributed by atoms with Crippen molar-refractivity contribution in [3.8, 4) is 0 Å². The van der Waals surface area contributed by atoms with Gasteiger partial charge in [-0.3, -0.25) is 9.59 Å². The molecule has 20 heavy (non-hydrogen) atoms. The lowest BCUT2D eigenvalue weighted by Gasteiger charge is -2.29. The topological polar surface area (TPSA) is 69.6 Å². The number of nitrogens with zero attached hydrogens (tertiary/aromatic N) is 1. The zero-order chi connectivity index (χ0) is 14.7. The van der Waals surface area contributed by atoms with Crippen LogP contribution in [0, 0.1) is 5.82 Å². The lowest BCUT2D eigenvalue weighted by atomic mass is 10.1. The molecule has 1 aliphatic rings. The molecule has 0 bridgehead atoms. The smallest absolute Gasteiger partial charge is 0.313 e. The molecule has 2 amide bonds. The first-order chi connectivity index (χ1) is 9.49. The van der Waals surface area contributed by atoms with Gasteiger partial charge in [0.2, 0.25) is 0 Å². The number of carbonyl (C=O) groups excluding carboxylic acids is 2. The molecule has 1 aromatic carbocycles. The number of β-amino-alcohol motifs (C(OH)–C–C–N with tert-alkyl or cyclic N) is 1. The predicted molar refractivity (Wildman–Crippen MR) is 71.9 cm³/mol. The van der Waals surface area contributed by atoms with Crippen LogP contribution in [0.5, 0.6) is 0 Å². The lowest BCUT2D eigenvalue weighted by Crippen LogP contribution is -2.46. The van der Waals surface area contributed by atoms with Crippen LogP contribution >= 0.6 is 11.6 Å². The van der Waals surface area contributed by atoms with Gasteiger partial charge in [-0.1, -0.05) is 17.7 Å². The van der Waals surface area contributed by atoms with E-state index in [2.05, 4.69) is 5.32 Å². The maximum Gasteiger partial charge on any atom is 0.313 e. The van der Waals surface area contributed by atoms with Crippen LogP contribution < -0.4 is 5.32 Å². The summed E-state index contributed by atoms with van der Waals surface area (Å²) >= 11 is 5.59. The van der Waals surface area contributed by atoms with E-state index in [1.54, 1.807) is 0 Å². The van der Waals surface area contributed by atoms with Crippen LogP contribution in [0.1, 0.15) is 12.8 Å². The van der Waals surface area contributed by atoms with E-state index in [0.29, 0.717) is 19.4 Å². The Morgan fingerprint density at radius 1 is 1.45 bits per heavy atom. The van der Waals surface area contributed by atoms with Crippen molar-refractivity contribution in [3.05, 3.63) is 29.0 Å². The normalized spacial score (nSPS) is 18.8. The molecule has 1 fully saturated rings. The summed E-state index contributed by atoms with van der Waals surface area (Å²) in [5.74, 6) is -2.52. The fourth-order valence-electron chi connectivity index (χ4n) is 2.06. The van der Waals surface area contributed by atoms with Crippen LogP contribution in [0.2, 0.25) is 5.02 Å². The molecule has 2 N–H and O–H groups in total. The fraction of sp³-hybridized carbons (Fsp3) is 0.385. The van der Waals surface area contributed by atoms with Gasteiger partial charge >= 0.3 is 11.8 Å². The highest BCUT2D eigenvalue weighted by molar-refractivity contribution is 6.39. The van der Waals surface area contributed by atoms with Crippen molar-refractivity contribution in [1.29, 1.82) is 0 Å². The van der Waals surface area contributed by atoms with E-state index in [0.717, 1.165) is 0 Å². The van der Waals surface area contributed by atoms with Gasteiger partial charge in [-0.15, -0.1) is 0 Å². The van der Waals surface area contributed by atoms with Gasteiger partial charge in [0.25, 0.3) is 0 Å². The number of hydrogen-bond donors (Lipinski definition) is 2. The second-order valence-corrected chi connectivity index (χ2v) is 5.01. The van der Waals surface area contributed by atoms with Crippen LogP contribution in [0.4, 0.5) is 10.1 Å². The lowest BCUT2D eigenvalue weighted by molar-refractivity contribution is -0.145.